The number of benzene rings is 1. The monoisotopic (exact) mass is 361 g/mol. The number of carbonyl (C=O) groups is 1. The number of hydrogen-bond acceptors (Lipinski definition) is 4. The van der Waals surface area contributed by atoms with Crippen LogP contribution in [0.3, 0.4) is 0 Å². The van der Waals surface area contributed by atoms with Crippen molar-refractivity contribution in [1.29, 1.82) is 0 Å². The molecule has 1 N–H and O–H groups in total. The summed E-state index contributed by atoms with van der Waals surface area (Å²) in [6, 6.07) is 11.4. The highest BCUT2D eigenvalue weighted by atomic mass is 32.2. The van der Waals surface area contributed by atoms with Gasteiger partial charge in [0.25, 0.3) is 5.91 Å². The minimum atomic E-state index is -3.55. The van der Waals surface area contributed by atoms with E-state index in [1.165, 1.54) is 35.6 Å². The molecule has 6 nitrogen and oxygen atoms in total. The first kappa shape index (κ1) is 19.1. The number of aryl methyl sites for hydroxylation is 1. The summed E-state index contributed by atoms with van der Waals surface area (Å²) >= 11 is 0. The van der Waals surface area contributed by atoms with Gasteiger partial charge in [-0.3, -0.25) is 9.78 Å². The third-order valence-electron chi connectivity index (χ3n) is 3.90. The topological polar surface area (TPSA) is 79.4 Å². The van der Waals surface area contributed by atoms with Crippen LogP contribution >= 0.6 is 0 Å². The number of pyridine rings is 1. The van der Waals surface area contributed by atoms with Crippen LogP contribution in [0.25, 0.3) is 0 Å². The summed E-state index contributed by atoms with van der Waals surface area (Å²) in [7, 11) is -2.01. The smallest absolute Gasteiger partial charge is 0.251 e. The van der Waals surface area contributed by atoms with Gasteiger partial charge in [-0.15, -0.1) is 0 Å². The maximum Gasteiger partial charge on any atom is 0.251 e. The van der Waals surface area contributed by atoms with E-state index in [9.17, 15) is 13.2 Å². The van der Waals surface area contributed by atoms with Crippen LogP contribution in [0.4, 0.5) is 0 Å². The van der Waals surface area contributed by atoms with Crippen molar-refractivity contribution in [3.05, 3.63) is 59.4 Å². The van der Waals surface area contributed by atoms with Crippen molar-refractivity contribution in [2.75, 3.05) is 7.05 Å². The average molecular weight is 361 g/mol. The summed E-state index contributed by atoms with van der Waals surface area (Å²) in [5.41, 5.74) is 2.06. The number of aromatic nitrogens is 1. The van der Waals surface area contributed by atoms with E-state index in [-0.39, 0.29) is 16.8 Å². The number of nitrogens with zero attached hydrogens (tertiary/aromatic N) is 2. The predicted molar refractivity (Wildman–Crippen MR) is 96.7 cm³/mol. The van der Waals surface area contributed by atoms with E-state index >= 15 is 0 Å². The molecule has 0 aliphatic rings. The minimum Gasteiger partial charge on any atom is -0.346 e. The van der Waals surface area contributed by atoms with Crippen LogP contribution in [0.1, 0.15) is 35.6 Å². The minimum absolute atomic E-state index is 0.144. The first-order valence-corrected chi connectivity index (χ1v) is 9.44. The zero-order valence-corrected chi connectivity index (χ0v) is 15.7. The quantitative estimate of drug-likeness (QED) is 0.856. The van der Waals surface area contributed by atoms with E-state index in [0.717, 1.165) is 11.4 Å². The molecular formula is C18H23N3O3S. The predicted octanol–water partition coefficient (Wildman–Crippen LogP) is 2.35. The normalized spacial score (nSPS) is 11.8. The molecule has 1 aromatic carbocycles. The van der Waals surface area contributed by atoms with Gasteiger partial charge in [0.15, 0.2) is 0 Å². The standard InChI is InChI=1S/C18H23N3O3S/c1-13(2)21(4)25(23,24)17-10-8-15(9-11-17)18(22)19-12-16-7-5-6-14(3)20-16/h5-11,13H,12H2,1-4H3,(H,19,22). The molecule has 0 spiro atoms. The van der Waals surface area contributed by atoms with Gasteiger partial charge in [0.1, 0.15) is 0 Å². The molecule has 0 unspecified atom stereocenters. The molecule has 0 aliphatic heterocycles. The Bertz CT molecular complexity index is 846. The first-order chi connectivity index (χ1) is 11.7. The fourth-order valence-electron chi connectivity index (χ4n) is 2.19. The molecule has 0 fully saturated rings. The van der Waals surface area contributed by atoms with Crippen molar-refractivity contribution in [3.8, 4) is 0 Å². The highest BCUT2D eigenvalue weighted by Gasteiger charge is 2.23. The van der Waals surface area contributed by atoms with Gasteiger partial charge < -0.3 is 5.32 Å². The molecular weight excluding hydrogens is 338 g/mol. The number of amides is 1. The summed E-state index contributed by atoms with van der Waals surface area (Å²) in [6.45, 7) is 5.81. The highest BCUT2D eigenvalue weighted by Crippen LogP contribution is 2.17. The molecule has 25 heavy (non-hydrogen) atoms. The summed E-state index contributed by atoms with van der Waals surface area (Å²) in [5, 5.41) is 2.78. The second-order valence-electron chi connectivity index (χ2n) is 6.09. The van der Waals surface area contributed by atoms with Crippen molar-refractivity contribution in [2.45, 2.75) is 38.3 Å². The largest absolute Gasteiger partial charge is 0.346 e. The van der Waals surface area contributed by atoms with E-state index in [1.54, 1.807) is 13.8 Å². The number of carbonyl (C=O) groups excluding carboxylic acids is 1. The number of rotatable bonds is 6. The number of nitrogens with one attached hydrogen (secondary N) is 1. The lowest BCUT2D eigenvalue weighted by Gasteiger charge is -2.21. The molecule has 1 amide bonds. The van der Waals surface area contributed by atoms with E-state index in [1.807, 2.05) is 25.1 Å². The van der Waals surface area contributed by atoms with Gasteiger partial charge in [-0.1, -0.05) is 6.07 Å². The van der Waals surface area contributed by atoms with Gasteiger partial charge in [-0.05, 0) is 57.2 Å². The molecule has 0 radical (unpaired) electrons. The Hall–Kier alpha value is -2.25. The van der Waals surface area contributed by atoms with Crippen LogP contribution in [0.2, 0.25) is 0 Å². The van der Waals surface area contributed by atoms with Gasteiger partial charge in [0, 0.05) is 24.3 Å². The van der Waals surface area contributed by atoms with Crippen molar-refractivity contribution >= 4 is 15.9 Å². The average Bonchev–Trinajstić information content (AvgIpc) is 2.59. The van der Waals surface area contributed by atoms with Crippen molar-refractivity contribution in [1.82, 2.24) is 14.6 Å². The summed E-state index contributed by atoms with van der Waals surface area (Å²) < 4.78 is 26.1. The molecule has 0 saturated heterocycles. The van der Waals surface area contributed by atoms with E-state index in [2.05, 4.69) is 10.3 Å². The Balaban J connectivity index is 2.08. The van der Waals surface area contributed by atoms with Crippen molar-refractivity contribution < 1.29 is 13.2 Å². The van der Waals surface area contributed by atoms with E-state index < -0.39 is 10.0 Å². The lowest BCUT2D eigenvalue weighted by molar-refractivity contribution is 0.0950. The Morgan fingerprint density at radius 1 is 1.16 bits per heavy atom. The lowest BCUT2D eigenvalue weighted by atomic mass is 10.2. The molecule has 0 saturated carbocycles. The SMILES string of the molecule is Cc1cccc(CNC(=O)c2ccc(S(=O)(=O)N(C)C(C)C)cc2)n1. The molecule has 2 aromatic rings. The Morgan fingerprint density at radius 3 is 2.36 bits per heavy atom. The van der Waals surface area contributed by atoms with Crippen LogP contribution in [0.5, 0.6) is 0 Å². The van der Waals surface area contributed by atoms with Gasteiger partial charge in [0.05, 0.1) is 17.1 Å². The van der Waals surface area contributed by atoms with Gasteiger partial charge >= 0.3 is 0 Å². The van der Waals surface area contributed by atoms with Crippen LogP contribution in [-0.4, -0.2) is 36.7 Å². The molecule has 0 bridgehead atoms. The highest BCUT2D eigenvalue weighted by molar-refractivity contribution is 7.89. The van der Waals surface area contributed by atoms with Gasteiger partial charge in [0.2, 0.25) is 10.0 Å². The molecule has 0 atom stereocenters. The fourth-order valence-corrected chi connectivity index (χ4v) is 3.56. The Kier molecular flexibility index (Phi) is 5.92. The van der Waals surface area contributed by atoms with E-state index in [0.29, 0.717) is 12.1 Å². The first-order valence-electron chi connectivity index (χ1n) is 8.00. The summed E-state index contributed by atoms with van der Waals surface area (Å²) in [6.07, 6.45) is 0. The number of hydrogen-bond donors (Lipinski definition) is 1. The summed E-state index contributed by atoms with van der Waals surface area (Å²) in [5.74, 6) is -0.274. The maximum absolute atomic E-state index is 12.4. The number of sulfonamides is 1. The molecule has 134 valence electrons. The zero-order chi connectivity index (χ0) is 18.6. The summed E-state index contributed by atoms with van der Waals surface area (Å²) in [4.78, 5) is 16.7. The molecule has 1 heterocycles. The second kappa shape index (κ2) is 7.76. The second-order valence-corrected chi connectivity index (χ2v) is 8.09. The van der Waals surface area contributed by atoms with Crippen LogP contribution in [0, 0.1) is 6.92 Å². The lowest BCUT2D eigenvalue weighted by Crippen LogP contribution is -2.33. The van der Waals surface area contributed by atoms with E-state index in [4.69, 9.17) is 0 Å². The fraction of sp³-hybridized carbons (Fsp3) is 0.333. The Labute approximate surface area is 148 Å². The zero-order valence-electron chi connectivity index (χ0n) is 14.9. The van der Waals surface area contributed by atoms with Crippen LogP contribution < -0.4 is 5.32 Å². The van der Waals surface area contributed by atoms with Gasteiger partial charge in [-0.2, -0.15) is 4.31 Å². The maximum atomic E-state index is 12.4. The molecule has 7 heteroatoms. The van der Waals surface area contributed by atoms with Crippen molar-refractivity contribution in [3.63, 3.8) is 0 Å². The van der Waals surface area contributed by atoms with Crippen molar-refractivity contribution in [2.24, 2.45) is 0 Å². The third-order valence-corrected chi connectivity index (χ3v) is 5.94. The molecule has 0 aliphatic carbocycles. The van der Waals surface area contributed by atoms with Crippen LogP contribution in [0.15, 0.2) is 47.4 Å². The molecule has 1 aromatic heterocycles. The third kappa shape index (κ3) is 4.64. The Morgan fingerprint density at radius 2 is 1.80 bits per heavy atom. The van der Waals surface area contributed by atoms with Gasteiger partial charge in [-0.25, -0.2) is 8.42 Å². The van der Waals surface area contributed by atoms with Crippen LogP contribution in [-0.2, 0) is 16.6 Å². The molecule has 2 rings (SSSR count).